The van der Waals surface area contributed by atoms with Gasteiger partial charge in [-0.1, -0.05) is 121 Å². The van der Waals surface area contributed by atoms with Crippen molar-refractivity contribution in [2.45, 2.75) is 0 Å². The van der Waals surface area contributed by atoms with E-state index in [4.69, 9.17) is 33.0 Å². The van der Waals surface area contributed by atoms with E-state index < -0.39 is 0 Å². The maximum atomic E-state index is 7.25. The Hall–Kier alpha value is -7.32. The predicted molar refractivity (Wildman–Crippen MR) is 216 cm³/mol. The van der Waals surface area contributed by atoms with E-state index in [0.717, 1.165) is 66.9 Å². The Labute approximate surface area is 300 Å². The summed E-state index contributed by atoms with van der Waals surface area (Å²) >= 11 is 0. The summed E-state index contributed by atoms with van der Waals surface area (Å²) in [6.45, 7) is 0. The van der Waals surface area contributed by atoms with Crippen molar-refractivity contribution in [2.24, 2.45) is 0 Å². The van der Waals surface area contributed by atoms with E-state index >= 15 is 0 Å². The summed E-state index contributed by atoms with van der Waals surface area (Å²) in [6, 6.07) is 47.2. The minimum atomic E-state index is 0.269. The quantitative estimate of drug-likeness (QED) is 0.118. The molecule has 0 saturated carbocycles. The molecule has 0 unspecified atom stereocenters. The molecule has 0 spiro atoms. The first-order chi connectivity index (χ1) is 25.5. The zero-order chi connectivity index (χ0) is 35.3. The van der Waals surface area contributed by atoms with Crippen LogP contribution in [0.2, 0.25) is 0 Å². The molecule has 8 nitrogen and oxygen atoms in total. The van der Waals surface area contributed by atoms with Crippen LogP contribution in [0.4, 0.5) is 17.1 Å². The van der Waals surface area contributed by atoms with Gasteiger partial charge in [0.1, 0.15) is 5.52 Å². The second kappa shape index (κ2) is 12.2. The van der Waals surface area contributed by atoms with Gasteiger partial charge in [0.25, 0.3) is 0 Å². The van der Waals surface area contributed by atoms with Crippen LogP contribution in [0.25, 0.3) is 67.6 Å². The minimum absolute atomic E-state index is 0.269. The van der Waals surface area contributed by atoms with E-state index in [1.807, 2.05) is 84.9 Å². The van der Waals surface area contributed by atoms with Crippen molar-refractivity contribution in [2.75, 3.05) is 23.0 Å². The van der Waals surface area contributed by atoms with Gasteiger partial charge >= 0.3 is 0 Å². The first kappa shape index (κ1) is 30.7. The largest absolute Gasteiger partial charge is 0.395 e. The van der Waals surface area contributed by atoms with Crippen molar-refractivity contribution in [3.63, 3.8) is 0 Å². The Kier molecular flexibility index (Phi) is 7.22. The molecule has 4 aromatic carbocycles. The van der Waals surface area contributed by atoms with Crippen LogP contribution in [-0.2, 0) is 0 Å². The zero-order valence-electron chi connectivity index (χ0n) is 28.1. The lowest BCUT2D eigenvalue weighted by molar-refractivity contribution is 1.11. The Morgan fingerprint density at radius 1 is 0.500 bits per heavy atom. The first-order valence-electron chi connectivity index (χ1n) is 17.0. The van der Waals surface area contributed by atoms with Crippen LogP contribution in [-0.4, -0.2) is 19.6 Å². The van der Waals surface area contributed by atoms with Crippen LogP contribution in [0.5, 0.6) is 0 Å². The molecule has 0 aliphatic carbocycles. The standard InChI is InChI=1S/C44H34N8/c45-38-34-25-31-22-21-30(49-31)23-32-24-33(26-13-5-1-6-14-26)41(50-32)37(29-19-11-4-12-20-29)42-35(27-15-7-2-8-16-27)36(28-17-9-3-10-18-28)43(51-42)40(47)44(39(38)46)52(34)48/h1-25,50H,45-48H2. The summed E-state index contributed by atoms with van der Waals surface area (Å²) < 4.78 is 1.45. The number of hydrogen-bond donors (Lipinski definition) is 5. The van der Waals surface area contributed by atoms with E-state index in [0.29, 0.717) is 33.8 Å². The number of aromatic amines is 1. The van der Waals surface area contributed by atoms with Gasteiger partial charge in [0.2, 0.25) is 0 Å². The number of H-pyrrole nitrogens is 1. The summed E-state index contributed by atoms with van der Waals surface area (Å²) in [4.78, 5) is 14.2. The second-order valence-electron chi connectivity index (χ2n) is 12.8. The Morgan fingerprint density at radius 3 is 1.62 bits per heavy atom. The maximum Gasteiger partial charge on any atom is 0.113 e. The van der Waals surface area contributed by atoms with Crippen LogP contribution in [0.3, 0.4) is 0 Å². The molecule has 0 saturated heterocycles. The number of fused-ring (bicyclic) bond motifs is 8. The molecular formula is C44H34N8. The number of anilines is 3. The van der Waals surface area contributed by atoms with Gasteiger partial charge in [-0.3, -0.25) is 4.68 Å². The molecule has 250 valence electrons. The van der Waals surface area contributed by atoms with Gasteiger partial charge in [-0.05, 0) is 52.6 Å². The van der Waals surface area contributed by atoms with Gasteiger partial charge in [-0.25, -0.2) is 9.97 Å². The number of aromatic nitrogens is 4. The van der Waals surface area contributed by atoms with E-state index in [-0.39, 0.29) is 5.69 Å². The average molecular weight is 675 g/mol. The molecule has 0 atom stereocenters. The van der Waals surface area contributed by atoms with Crippen molar-refractivity contribution in [3.05, 3.63) is 173 Å². The predicted octanol–water partition coefficient (Wildman–Crippen LogP) is 8.76. The number of nitrogens with one attached hydrogen (secondary N) is 1. The third-order valence-corrected chi connectivity index (χ3v) is 9.65. The lowest BCUT2D eigenvalue weighted by Gasteiger charge is -2.13. The van der Waals surface area contributed by atoms with Gasteiger partial charge in [-0.2, -0.15) is 0 Å². The fraction of sp³-hybridized carbons (Fsp3) is 0. The number of rotatable bonds is 4. The van der Waals surface area contributed by atoms with Crippen molar-refractivity contribution >= 4 is 62.4 Å². The highest BCUT2D eigenvalue weighted by atomic mass is 15.3. The summed E-state index contributed by atoms with van der Waals surface area (Å²) in [5.41, 5.74) is 34.6. The van der Waals surface area contributed by atoms with Crippen molar-refractivity contribution in [3.8, 4) is 22.3 Å². The molecule has 3 aromatic heterocycles. The normalized spacial score (nSPS) is 12.4. The molecule has 0 radical (unpaired) electrons. The van der Waals surface area contributed by atoms with Crippen molar-refractivity contribution in [1.82, 2.24) is 19.6 Å². The topological polar surface area (TPSA) is 151 Å². The van der Waals surface area contributed by atoms with Crippen LogP contribution in [0.15, 0.2) is 140 Å². The highest BCUT2D eigenvalue weighted by Crippen LogP contribution is 2.47. The average Bonchev–Trinajstić information content (AvgIpc) is 3.96. The molecule has 9 rings (SSSR count). The minimum Gasteiger partial charge on any atom is -0.395 e. The number of benzene rings is 4. The molecule has 8 bridgehead atoms. The molecule has 5 heterocycles. The van der Waals surface area contributed by atoms with Gasteiger partial charge in [-0.15, -0.1) is 0 Å². The van der Waals surface area contributed by atoms with E-state index in [1.54, 1.807) is 0 Å². The van der Waals surface area contributed by atoms with Gasteiger partial charge < -0.3 is 28.0 Å². The molecule has 2 aliphatic heterocycles. The lowest BCUT2D eigenvalue weighted by Crippen LogP contribution is -2.10. The number of hydrogen-bond acceptors (Lipinski definition) is 6. The summed E-state index contributed by atoms with van der Waals surface area (Å²) in [5.74, 6) is 6.83. The van der Waals surface area contributed by atoms with Crippen LogP contribution >= 0.6 is 0 Å². The molecule has 0 amide bonds. The smallest absolute Gasteiger partial charge is 0.113 e. The number of nitrogen functional groups attached to an aromatic ring is 4. The van der Waals surface area contributed by atoms with E-state index in [9.17, 15) is 0 Å². The Morgan fingerprint density at radius 2 is 1.02 bits per heavy atom. The lowest BCUT2D eigenvalue weighted by atomic mass is 9.88. The van der Waals surface area contributed by atoms with Crippen molar-refractivity contribution < 1.29 is 0 Å². The third kappa shape index (κ3) is 5.01. The monoisotopic (exact) mass is 674 g/mol. The molecular weight excluding hydrogens is 641 g/mol. The van der Waals surface area contributed by atoms with Gasteiger partial charge in [0, 0.05) is 27.8 Å². The SMILES string of the molecule is Nc1c(N)c2c(N)c3nc(c(-c4ccccc4)c4[nH]c(cc5nc(cc1n2N)C=C5)cc4-c1ccccc1)C(c1ccccc1)=C3c1ccccc1. The Bertz CT molecular complexity index is 2740. The number of nitrogens with two attached hydrogens (primary N) is 4. The molecule has 0 fully saturated rings. The van der Waals surface area contributed by atoms with E-state index in [1.165, 1.54) is 4.68 Å². The summed E-state index contributed by atoms with van der Waals surface area (Å²) in [5, 5.41) is 0. The zero-order valence-corrected chi connectivity index (χ0v) is 28.1. The van der Waals surface area contributed by atoms with Crippen LogP contribution < -0.4 is 23.0 Å². The fourth-order valence-corrected chi connectivity index (χ4v) is 7.24. The molecule has 2 aliphatic rings. The Balaban J connectivity index is 1.59. The van der Waals surface area contributed by atoms with Gasteiger partial charge in [0.05, 0.1) is 50.9 Å². The highest BCUT2D eigenvalue weighted by molar-refractivity contribution is 6.14. The summed E-state index contributed by atoms with van der Waals surface area (Å²) in [6.07, 6.45) is 3.89. The number of nitrogens with zero attached hydrogens (tertiary/aromatic N) is 3. The fourth-order valence-electron chi connectivity index (χ4n) is 7.24. The second-order valence-corrected chi connectivity index (χ2v) is 12.8. The maximum absolute atomic E-state index is 7.25. The van der Waals surface area contributed by atoms with Crippen molar-refractivity contribution in [1.29, 1.82) is 0 Å². The van der Waals surface area contributed by atoms with E-state index in [2.05, 4.69) is 71.7 Å². The van der Waals surface area contributed by atoms with Crippen LogP contribution in [0, 0.1) is 0 Å². The first-order valence-corrected chi connectivity index (χ1v) is 17.0. The third-order valence-electron chi connectivity index (χ3n) is 9.65. The summed E-state index contributed by atoms with van der Waals surface area (Å²) in [7, 11) is 0. The molecule has 8 heteroatoms. The van der Waals surface area contributed by atoms with Gasteiger partial charge in [0.15, 0.2) is 0 Å². The molecule has 52 heavy (non-hydrogen) atoms. The molecule has 7 aromatic rings. The highest BCUT2D eigenvalue weighted by Gasteiger charge is 2.30. The molecule has 9 N–H and O–H groups in total. The van der Waals surface area contributed by atoms with Crippen LogP contribution in [0.1, 0.15) is 33.9 Å².